The highest BCUT2D eigenvalue weighted by atomic mass is 19.4. The summed E-state index contributed by atoms with van der Waals surface area (Å²) in [5, 5.41) is 6.08. The molecule has 0 heterocycles. The summed E-state index contributed by atoms with van der Waals surface area (Å²) in [6, 6.07) is 21.1. The quantitative estimate of drug-likeness (QED) is 0.218. The lowest BCUT2D eigenvalue weighted by molar-refractivity contribution is -0.198. The highest BCUT2D eigenvalue weighted by molar-refractivity contribution is 5.96. The number of alkyl carbamates (subject to hydrolysis) is 1. The minimum absolute atomic E-state index is 0.0129. The van der Waals surface area contributed by atoms with Gasteiger partial charge in [0.1, 0.15) is 25.3 Å². The molecule has 3 N–H and O–H groups in total. The molecule has 0 saturated heterocycles. The standard InChI is InChI=1S/C35H38F3N3O6/c1-21(2)18-29(31(43)46-19-23-12-6-5-7-13-23)40-32(44)34(4,35(36,37)38)41-30(42)22(3)39-33(45)47-20-28-26-16-10-8-14-24(26)25-15-9-11-17-27(25)28/h5-17,21-22,28-29H,18-20H2,1-4H3,(H,39,45)(H,40,44)(H,41,42)/t22-,29-,34-/m0/s1. The first-order valence-corrected chi connectivity index (χ1v) is 15.2. The summed E-state index contributed by atoms with van der Waals surface area (Å²) in [4.78, 5) is 51.6. The second kappa shape index (κ2) is 14.7. The van der Waals surface area contributed by atoms with Crippen molar-refractivity contribution in [1.82, 2.24) is 16.0 Å². The lowest BCUT2D eigenvalue weighted by atomic mass is 9.97. The van der Waals surface area contributed by atoms with Gasteiger partial charge in [0.2, 0.25) is 11.4 Å². The van der Waals surface area contributed by atoms with Crippen LogP contribution in [0.5, 0.6) is 0 Å². The highest BCUT2D eigenvalue weighted by Gasteiger charge is 2.58. The van der Waals surface area contributed by atoms with Crippen LogP contribution >= 0.6 is 0 Å². The fourth-order valence-electron chi connectivity index (χ4n) is 5.31. The zero-order chi connectivity index (χ0) is 34.4. The first-order valence-electron chi connectivity index (χ1n) is 15.2. The molecule has 0 bridgehead atoms. The van der Waals surface area contributed by atoms with Crippen LogP contribution in [0.3, 0.4) is 0 Å². The number of fused-ring (bicyclic) bond motifs is 3. The van der Waals surface area contributed by atoms with E-state index >= 15 is 0 Å². The van der Waals surface area contributed by atoms with E-state index in [0.717, 1.165) is 29.2 Å². The lowest BCUT2D eigenvalue weighted by Crippen LogP contribution is -2.68. The average Bonchev–Trinajstić information content (AvgIpc) is 3.35. The van der Waals surface area contributed by atoms with Crippen LogP contribution in [0.15, 0.2) is 78.9 Å². The molecule has 0 spiro atoms. The molecule has 47 heavy (non-hydrogen) atoms. The molecule has 0 fully saturated rings. The van der Waals surface area contributed by atoms with Crippen LogP contribution in [0, 0.1) is 5.92 Å². The van der Waals surface area contributed by atoms with Gasteiger partial charge in [-0.1, -0.05) is 92.7 Å². The number of alkyl halides is 3. The molecule has 1 aliphatic rings. The number of hydrogen-bond donors (Lipinski definition) is 3. The van der Waals surface area contributed by atoms with Crippen LogP contribution in [0.2, 0.25) is 0 Å². The van der Waals surface area contributed by atoms with E-state index < -0.39 is 47.7 Å². The zero-order valence-electron chi connectivity index (χ0n) is 26.5. The first-order chi connectivity index (χ1) is 22.2. The molecule has 0 saturated carbocycles. The third-order valence-corrected chi connectivity index (χ3v) is 7.99. The van der Waals surface area contributed by atoms with Crippen LogP contribution in [0.4, 0.5) is 18.0 Å². The monoisotopic (exact) mass is 653 g/mol. The molecule has 3 aromatic carbocycles. The molecule has 12 heteroatoms. The Morgan fingerprint density at radius 3 is 1.89 bits per heavy atom. The minimum atomic E-state index is -5.27. The third kappa shape index (κ3) is 8.30. The van der Waals surface area contributed by atoms with Crippen molar-refractivity contribution >= 4 is 23.9 Å². The number of esters is 1. The Labute approximate surface area is 271 Å². The van der Waals surface area contributed by atoms with Crippen molar-refractivity contribution in [3.05, 3.63) is 95.6 Å². The summed E-state index contributed by atoms with van der Waals surface area (Å²) in [5.74, 6) is -4.34. The largest absolute Gasteiger partial charge is 0.459 e. The van der Waals surface area contributed by atoms with Gasteiger partial charge in [-0.2, -0.15) is 13.2 Å². The van der Waals surface area contributed by atoms with Crippen LogP contribution in [-0.4, -0.2) is 54.3 Å². The molecule has 0 radical (unpaired) electrons. The number of rotatable bonds is 12. The zero-order valence-corrected chi connectivity index (χ0v) is 26.5. The molecule has 3 amide bonds. The Morgan fingerprint density at radius 2 is 1.34 bits per heavy atom. The number of hydrogen-bond acceptors (Lipinski definition) is 6. The van der Waals surface area contributed by atoms with E-state index in [1.165, 1.54) is 0 Å². The van der Waals surface area contributed by atoms with Crippen molar-refractivity contribution in [1.29, 1.82) is 0 Å². The van der Waals surface area contributed by atoms with E-state index in [0.29, 0.717) is 12.5 Å². The molecule has 0 unspecified atom stereocenters. The minimum Gasteiger partial charge on any atom is -0.459 e. The molecule has 9 nitrogen and oxygen atoms in total. The maximum Gasteiger partial charge on any atom is 0.420 e. The molecule has 0 aliphatic heterocycles. The number of nitrogens with one attached hydrogen (secondary N) is 3. The summed E-state index contributed by atoms with van der Waals surface area (Å²) in [6.45, 7) is 4.89. The molecule has 0 aromatic heterocycles. The van der Waals surface area contributed by atoms with Crippen LogP contribution in [-0.2, 0) is 30.5 Å². The van der Waals surface area contributed by atoms with Crippen LogP contribution in [0.1, 0.15) is 56.7 Å². The van der Waals surface area contributed by atoms with Gasteiger partial charge in [0, 0.05) is 5.92 Å². The normalized spacial score (nSPS) is 15.0. The predicted molar refractivity (Wildman–Crippen MR) is 168 cm³/mol. The van der Waals surface area contributed by atoms with Gasteiger partial charge >= 0.3 is 18.2 Å². The smallest absolute Gasteiger partial charge is 0.420 e. The van der Waals surface area contributed by atoms with Crippen molar-refractivity contribution in [2.45, 2.75) is 70.4 Å². The van der Waals surface area contributed by atoms with E-state index in [4.69, 9.17) is 9.47 Å². The lowest BCUT2D eigenvalue weighted by Gasteiger charge is -2.34. The molecular formula is C35H38F3N3O6. The van der Waals surface area contributed by atoms with E-state index in [1.807, 2.05) is 48.5 Å². The van der Waals surface area contributed by atoms with Gasteiger partial charge in [-0.05, 0) is 54.0 Å². The van der Waals surface area contributed by atoms with Crippen molar-refractivity contribution in [2.75, 3.05) is 6.61 Å². The second-order valence-electron chi connectivity index (χ2n) is 12.1. The summed E-state index contributed by atoms with van der Waals surface area (Å²) in [7, 11) is 0. The van der Waals surface area contributed by atoms with Gasteiger partial charge in [0.15, 0.2) is 0 Å². The van der Waals surface area contributed by atoms with Gasteiger partial charge < -0.3 is 25.4 Å². The molecule has 250 valence electrons. The summed E-state index contributed by atoms with van der Waals surface area (Å²) in [6.07, 6.45) is -6.31. The van der Waals surface area contributed by atoms with Gasteiger partial charge in [-0.3, -0.25) is 9.59 Å². The third-order valence-electron chi connectivity index (χ3n) is 7.99. The topological polar surface area (TPSA) is 123 Å². The maximum atomic E-state index is 14.4. The molecule has 3 atom stereocenters. The maximum absolute atomic E-state index is 14.4. The van der Waals surface area contributed by atoms with Gasteiger partial charge in [-0.15, -0.1) is 0 Å². The van der Waals surface area contributed by atoms with Gasteiger partial charge in [-0.25, -0.2) is 9.59 Å². The molecule has 4 rings (SSSR count). The average molecular weight is 654 g/mol. The van der Waals surface area contributed by atoms with Crippen molar-refractivity contribution in [3.8, 4) is 11.1 Å². The van der Waals surface area contributed by atoms with Gasteiger partial charge in [0.05, 0.1) is 0 Å². The van der Waals surface area contributed by atoms with Crippen molar-refractivity contribution < 1.29 is 41.8 Å². The molecule has 3 aromatic rings. The van der Waals surface area contributed by atoms with E-state index in [1.54, 1.807) is 49.5 Å². The summed E-state index contributed by atoms with van der Waals surface area (Å²) in [5.41, 5.74) is 1.14. The van der Waals surface area contributed by atoms with Gasteiger partial charge in [0.25, 0.3) is 5.91 Å². The summed E-state index contributed by atoms with van der Waals surface area (Å²) >= 11 is 0. The number of carbonyl (C=O) groups is 4. The highest BCUT2D eigenvalue weighted by Crippen LogP contribution is 2.44. The second-order valence-corrected chi connectivity index (χ2v) is 12.1. The Kier molecular flexibility index (Phi) is 10.9. The fraction of sp³-hybridized carbons (Fsp3) is 0.371. The van der Waals surface area contributed by atoms with E-state index in [-0.39, 0.29) is 31.5 Å². The number of halogens is 3. The Morgan fingerprint density at radius 1 is 0.787 bits per heavy atom. The van der Waals surface area contributed by atoms with Crippen LogP contribution in [0.25, 0.3) is 11.1 Å². The number of amides is 3. The fourth-order valence-corrected chi connectivity index (χ4v) is 5.31. The van der Waals surface area contributed by atoms with Crippen molar-refractivity contribution in [2.24, 2.45) is 5.92 Å². The molecule has 1 aliphatic carbocycles. The number of benzene rings is 3. The number of carbonyl (C=O) groups excluding carboxylic acids is 4. The van der Waals surface area contributed by atoms with E-state index in [9.17, 15) is 32.3 Å². The van der Waals surface area contributed by atoms with E-state index in [2.05, 4.69) is 10.6 Å². The Hall–Kier alpha value is -4.87. The Balaban J connectivity index is 1.38. The first kappa shape index (κ1) is 35.0. The number of ether oxygens (including phenoxy) is 2. The predicted octanol–water partition coefficient (Wildman–Crippen LogP) is 5.63. The van der Waals surface area contributed by atoms with Crippen molar-refractivity contribution in [3.63, 3.8) is 0 Å². The van der Waals surface area contributed by atoms with Crippen LogP contribution < -0.4 is 16.0 Å². The molecular weight excluding hydrogens is 615 g/mol. The Bertz CT molecular complexity index is 1550. The SMILES string of the molecule is CC(C)C[C@H](NC(=O)[C@](C)(NC(=O)[C@H](C)NC(=O)OCC1c2ccccc2-c2ccccc21)C(F)(F)F)C(=O)OCc1ccccc1. The summed E-state index contributed by atoms with van der Waals surface area (Å²) < 4.78 is 53.7.